The van der Waals surface area contributed by atoms with Crippen molar-refractivity contribution in [2.45, 2.75) is 123 Å². The normalized spacial score (nSPS) is 14.2. The molecule has 1 aliphatic carbocycles. The molecule has 1 saturated carbocycles. The molecule has 1 rings (SSSR count). The summed E-state index contributed by atoms with van der Waals surface area (Å²) in [6.45, 7) is 4.57. The van der Waals surface area contributed by atoms with Crippen LogP contribution in [0.25, 0.3) is 0 Å². The minimum Gasteiger partial charge on any atom is -0.0654 e. The fraction of sp³-hybridized carbons (Fsp3) is 1.00. The first-order valence-electron chi connectivity index (χ1n) is 9.41. The molecule has 0 spiro atoms. The summed E-state index contributed by atoms with van der Waals surface area (Å²) < 4.78 is 0. The molecule has 0 aliphatic heterocycles. The first kappa shape index (κ1) is 19.0. The van der Waals surface area contributed by atoms with Crippen LogP contribution >= 0.6 is 0 Å². The molecule has 0 amide bonds. The Balaban J connectivity index is 0.000000532. The van der Waals surface area contributed by atoms with E-state index in [9.17, 15) is 0 Å². The average Bonchev–Trinajstić information content (AvgIpc) is 3.00. The maximum atomic E-state index is 2.29. The second-order valence-electron chi connectivity index (χ2n) is 6.30. The van der Waals surface area contributed by atoms with Crippen molar-refractivity contribution in [1.29, 1.82) is 0 Å². The van der Waals surface area contributed by atoms with Crippen molar-refractivity contribution in [3.63, 3.8) is 0 Å². The van der Waals surface area contributed by atoms with Crippen LogP contribution in [-0.2, 0) is 0 Å². The standard InChI is InChI=1S/C14H30.C5H10/c1-3-5-7-9-11-13-14-12-10-8-6-4-2;1-2-4-5-3-1/h3-14H2,1-2H3;1-5H2. The van der Waals surface area contributed by atoms with Gasteiger partial charge in [0.1, 0.15) is 0 Å². The molecule has 0 aromatic carbocycles. The van der Waals surface area contributed by atoms with Crippen molar-refractivity contribution in [1.82, 2.24) is 0 Å². The second-order valence-corrected chi connectivity index (χ2v) is 6.30. The van der Waals surface area contributed by atoms with Gasteiger partial charge >= 0.3 is 0 Å². The van der Waals surface area contributed by atoms with E-state index in [2.05, 4.69) is 13.8 Å². The molecule has 0 atom stereocenters. The number of hydrogen-bond acceptors (Lipinski definition) is 0. The van der Waals surface area contributed by atoms with Crippen molar-refractivity contribution in [2.24, 2.45) is 0 Å². The van der Waals surface area contributed by atoms with E-state index in [0.29, 0.717) is 0 Å². The van der Waals surface area contributed by atoms with Crippen LogP contribution in [0.2, 0.25) is 0 Å². The monoisotopic (exact) mass is 268 g/mol. The molecule has 0 radical (unpaired) electrons. The highest BCUT2D eigenvalue weighted by molar-refractivity contribution is 4.51. The van der Waals surface area contributed by atoms with Crippen LogP contribution < -0.4 is 0 Å². The van der Waals surface area contributed by atoms with Crippen molar-refractivity contribution in [3.05, 3.63) is 0 Å². The van der Waals surface area contributed by atoms with Gasteiger partial charge in [-0.3, -0.25) is 0 Å². The van der Waals surface area contributed by atoms with Crippen molar-refractivity contribution in [3.8, 4) is 0 Å². The molecule has 0 saturated heterocycles. The van der Waals surface area contributed by atoms with Gasteiger partial charge in [-0.1, -0.05) is 123 Å². The molecular weight excluding hydrogens is 228 g/mol. The zero-order valence-electron chi connectivity index (χ0n) is 14.0. The summed E-state index contributed by atoms with van der Waals surface area (Å²) in [7, 11) is 0. The maximum absolute atomic E-state index is 2.29. The first-order valence-corrected chi connectivity index (χ1v) is 9.41. The van der Waals surface area contributed by atoms with Gasteiger partial charge in [0.2, 0.25) is 0 Å². The lowest BCUT2D eigenvalue weighted by atomic mass is 10.1. The highest BCUT2D eigenvalue weighted by Gasteiger charge is 1.95. The molecule has 0 unspecified atom stereocenters. The summed E-state index contributed by atoms with van der Waals surface area (Å²) in [4.78, 5) is 0. The summed E-state index contributed by atoms with van der Waals surface area (Å²) in [6.07, 6.45) is 24.9. The third-order valence-corrected chi connectivity index (χ3v) is 4.21. The Morgan fingerprint density at radius 2 is 0.579 bits per heavy atom. The zero-order valence-corrected chi connectivity index (χ0v) is 14.0. The molecule has 0 nitrogen and oxygen atoms in total. The van der Waals surface area contributed by atoms with E-state index >= 15 is 0 Å². The van der Waals surface area contributed by atoms with Crippen LogP contribution in [0.4, 0.5) is 0 Å². The van der Waals surface area contributed by atoms with Gasteiger partial charge in [-0.2, -0.15) is 0 Å². The molecule has 1 fully saturated rings. The summed E-state index contributed by atoms with van der Waals surface area (Å²) in [6, 6.07) is 0. The van der Waals surface area contributed by atoms with E-state index in [1.807, 2.05) is 0 Å². The SMILES string of the molecule is C1CCCC1.CCCCCCCCCCCCCC. The van der Waals surface area contributed by atoms with Gasteiger partial charge in [0.25, 0.3) is 0 Å². The fourth-order valence-corrected chi connectivity index (χ4v) is 2.80. The Hall–Kier alpha value is 0. The van der Waals surface area contributed by atoms with E-state index in [0.717, 1.165) is 0 Å². The third-order valence-electron chi connectivity index (χ3n) is 4.21. The summed E-state index contributed by atoms with van der Waals surface area (Å²) in [5.41, 5.74) is 0. The van der Waals surface area contributed by atoms with Crippen molar-refractivity contribution < 1.29 is 0 Å². The van der Waals surface area contributed by atoms with E-state index < -0.39 is 0 Å². The van der Waals surface area contributed by atoms with Crippen LogP contribution in [0.3, 0.4) is 0 Å². The lowest BCUT2D eigenvalue weighted by molar-refractivity contribution is 0.548. The first-order chi connectivity index (χ1) is 9.41. The maximum Gasteiger partial charge on any atom is -0.0533 e. The van der Waals surface area contributed by atoms with Gasteiger partial charge in [-0.25, -0.2) is 0 Å². The van der Waals surface area contributed by atoms with Gasteiger partial charge in [0, 0.05) is 0 Å². The minimum absolute atomic E-state index is 1.37. The Bertz CT molecular complexity index is 115. The average molecular weight is 269 g/mol. The lowest BCUT2D eigenvalue weighted by Gasteiger charge is -2.01. The van der Waals surface area contributed by atoms with Gasteiger partial charge in [-0.15, -0.1) is 0 Å². The fourth-order valence-electron chi connectivity index (χ4n) is 2.80. The lowest BCUT2D eigenvalue weighted by Crippen LogP contribution is -1.81. The molecular formula is C19H40. The van der Waals surface area contributed by atoms with Gasteiger partial charge < -0.3 is 0 Å². The van der Waals surface area contributed by atoms with Crippen LogP contribution in [0.1, 0.15) is 123 Å². The second kappa shape index (κ2) is 18.0. The molecule has 0 aromatic heterocycles. The topological polar surface area (TPSA) is 0 Å². The molecule has 19 heavy (non-hydrogen) atoms. The largest absolute Gasteiger partial charge is 0.0654 e. The molecule has 1 aliphatic rings. The van der Waals surface area contributed by atoms with Gasteiger partial charge in [0.15, 0.2) is 0 Å². The van der Waals surface area contributed by atoms with Crippen LogP contribution in [-0.4, -0.2) is 0 Å². The number of hydrogen-bond donors (Lipinski definition) is 0. The third kappa shape index (κ3) is 18.0. The molecule has 0 N–H and O–H groups in total. The smallest absolute Gasteiger partial charge is 0.0533 e. The van der Waals surface area contributed by atoms with E-state index in [4.69, 9.17) is 0 Å². The number of unbranched alkanes of at least 4 members (excludes halogenated alkanes) is 11. The highest BCUT2D eigenvalue weighted by Crippen LogP contribution is 2.15. The number of rotatable bonds is 11. The van der Waals surface area contributed by atoms with E-state index in [1.54, 1.807) is 0 Å². The minimum atomic E-state index is 1.37. The Labute approximate surface area is 123 Å². The highest BCUT2D eigenvalue weighted by atomic mass is 14.0. The van der Waals surface area contributed by atoms with Crippen LogP contribution in [0, 0.1) is 0 Å². The van der Waals surface area contributed by atoms with E-state index in [-0.39, 0.29) is 0 Å². The predicted molar refractivity (Wildman–Crippen MR) is 89.8 cm³/mol. The summed E-state index contributed by atoms with van der Waals surface area (Å²) in [5.74, 6) is 0. The molecule has 0 aromatic rings. The summed E-state index contributed by atoms with van der Waals surface area (Å²) >= 11 is 0. The zero-order chi connectivity index (χ0) is 14.0. The predicted octanol–water partition coefficient (Wildman–Crippen LogP) is 7.66. The van der Waals surface area contributed by atoms with Crippen LogP contribution in [0.15, 0.2) is 0 Å². The van der Waals surface area contributed by atoms with Crippen LogP contribution in [0.5, 0.6) is 0 Å². The quantitative estimate of drug-likeness (QED) is 0.337. The molecule has 0 bridgehead atoms. The Morgan fingerprint density at radius 1 is 0.368 bits per heavy atom. The molecule has 116 valence electrons. The molecule has 0 heteroatoms. The van der Waals surface area contributed by atoms with Gasteiger partial charge in [-0.05, 0) is 0 Å². The summed E-state index contributed by atoms with van der Waals surface area (Å²) in [5, 5.41) is 0. The Morgan fingerprint density at radius 3 is 0.789 bits per heavy atom. The Kier molecular flexibility index (Phi) is 18.0. The molecule has 0 heterocycles. The van der Waals surface area contributed by atoms with Crippen molar-refractivity contribution in [2.75, 3.05) is 0 Å². The van der Waals surface area contributed by atoms with Crippen molar-refractivity contribution >= 4 is 0 Å². The van der Waals surface area contributed by atoms with E-state index in [1.165, 1.54) is 109 Å². The van der Waals surface area contributed by atoms with Gasteiger partial charge in [0.05, 0.1) is 0 Å².